The lowest BCUT2D eigenvalue weighted by Crippen LogP contribution is -2.59. The Morgan fingerprint density at radius 3 is 2.57 bits per heavy atom. The highest BCUT2D eigenvalue weighted by atomic mass is 16.6. The molecule has 1 saturated heterocycles. The van der Waals surface area contributed by atoms with E-state index in [0.29, 0.717) is 5.92 Å². The summed E-state index contributed by atoms with van der Waals surface area (Å²) in [4.78, 5) is 23.5. The third-order valence-corrected chi connectivity index (χ3v) is 4.82. The van der Waals surface area contributed by atoms with Gasteiger partial charge in [-0.05, 0) is 31.6 Å². The number of rotatable bonds is 0. The van der Waals surface area contributed by atoms with Crippen LogP contribution in [0, 0.1) is 16.7 Å². The third kappa shape index (κ3) is 0.588. The summed E-state index contributed by atoms with van der Waals surface area (Å²) in [5.41, 5.74) is -0.815. The van der Waals surface area contributed by atoms with Gasteiger partial charge in [-0.25, -0.2) is 0 Å². The predicted octanol–water partition coefficient (Wildman–Crippen LogP) is 1.66. The minimum Gasteiger partial charge on any atom is -0.392 e. The van der Waals surface area contributed by atoms with Crippen LogP contribution in [0.15, 0.2) is 0 Å². The second kappa shape index (κ2) is 2.20. The van der Waals surface area contributed by atoms with Crippen molar-refractivity contribution in [2.24, 2.45) is 16.7 Å². The molecule has 76 valence electrons. The molecule has 0 N–H and O–H groups in total. The molecule has 2 aliphatic carbocycles. The van der Waals surface area contributed by atoms with E-state index in [1.54, 1.807) is 0 Å². The van der Waals surface area contributed by atoms with Crippen molar-refractivity contribution in [3.8, 4) is 0 Å². The molecule has 0 bridgehead atoms. The number of hydrogen-bond acceptors (Lipinski definition) is 3. The highest BCUT2D eigenvalue weighted by Gasteiger charge is 2.76. The molecule has 3 unspecified atom stereocenters. The molecular formula is C11H14O3. The highest BCUT2D eigenvalue weighted by molar-refractivity contribution is 6.03. The van der Waals surface area contributed by atoms with Crippen LogP contribution in [-0.4, -0.2) is 11.9 Å². The number of cyclic esters (lactones) is 2. The van der Waals surface area contributed by atoms with Crippen molar-refractivity contribution < 1.29 is 14.3 Å². The second-order valence-electron chi connectivity index (χ2n) is 5.02. The van der Waals surface area contributed by atoms with Crippen LogP contribution in [0.1, 0.15) is 39.0 Å². The van der Waals surface area contributed by atoms with Crippen LogP contribution in [0.4, 0.5) is 0 Å². The Morgan fingerprint density at radius 1 is 1.21 bits per heavy atom. The predicted molar refractivity (Wildman–Crippen MR) is 48.2 cm³/mol. The zero-order valence-corrected chi connectivity index (χ0v) is 8.34. The first kappa shape index (κ1) is 8.45. The maximum absolute atomic E-state index is 11.8. The largest absolute Gasteiger partial charge is 0.392 e. The highest BCUT2D eigenvalue weighted by Crippen LogP contribution is 2.70. The molecule has 0 radical (unpaired) electrons. The summed E-state index contributed by atoms with van der Waals surface area (Å²) in [6, 6.07) is 0. The van der Waals surface area contributed by atoms with Crippen LogP contribution in [0.3, 0.4) is 0 Å². The smallest absolute Gasteiger partial charge is 0.321 e. The van der Waals surface area contributed by atoms with Gasteiger partial charge in [-0.1, -0.05) is 13.3 Å². The molecule has 3 atom stereocenters. The van der Waals surface area contributed by atoms with Gasteiger partial charge < -0.3 is 4.74 Å². The molecule has 14 heavy (non-hydrogen) atoms. The number of carbonyl (C=O) groups excluding carboxylic acids is 2. The third-order valence-electron chi connectivity index (χ3n) is 4.82. The fourth-order valence-electron chi connectivity index (χ4n) is 3.88. The van der Waals surface area contributed by atoms with E-state index in [9.17, 15) is 9.59 Å². The number of carbonyl (C=O) groups is 2. The molecule has 0 aromatic carbocycles. The Kier molecular flexibility index (Phi) is 1.33. The monoisotopic (exact) mass is 194 g/mol. The minimum atomic E-state index is -0.414. The number of esters is 2. The Bertz CT molecular complexity index is 335. The maximum Gasteiger partial charge on any atom is 0.321 e. The molecule has 1 heterocycles. The number of ether oxygens (including phenoxy) is 1. The SMILES string of the molecule is CC1CCCC23CCC12C(=O)OC3=O. The van der Waals surface area contributed by atoms with E-state index in [2.05, 4.69) is 6.92 Å². The molecule has 0 aromatic rings. The zero-order valence-electron chi connectivity index (χ0n) is 8.34. The summed E-state index contributed by atoms with van der Waals surface area (Å²) in [5, 5.41) is 0. The average Bonchev–Trinajstić information content (AvgIpc) is 2.23. The summed E-state index contributed by atoms with van der Waals surface area (Å²) < 4.78 is 4.87. The van der Waals surface area contributed by atoms with E-state index in [-0.39, 0.29) is 11.9 Å². The first-order valence-electron chi connectivity index (χ1n) is 5.40. The van der Waals surface area contributed by atoms with E-state index >= 15 is 0 Å². The van der Waals surface area contributed by atoms with Gasteiger partial charge in [0.15, 0.2) is 0 Å². The van der Waals surface area contributed by atoms with Gasteiger partial charge in [0.05, 0.1) is 10.8 Å². The van der Waals surface area contributed by atoms with E-state index in [0.717, 1.165) is 32.1 Å². The van der Waals surface area contributed by atoms with E-state index < -0.39 is 10.8 Å². The van der Waals surface area contributed by atoms with Gasteiger partial charge in [-0.2, -0.15) is 0 Å². The molecular weight excluding hydrogens is 180 g/mol. The van der Waals surface area contributed by atoms with Crippen LogP contribution in [0.25, 0.3) is 0 Å². The Balaban J connectivity index is 2.14. The van der Waals surface area contributed by atoms with Crippen molar-refractivity contribution in [2.75, 3.05) is 0 Å². The van der Waals surface area contributed by atoms with Crippen molar-refractivity contribution in [2.45, 2.75) is 39.0 Å². The lowest BCUT2D eigenvalue weighted by Gasteiger charge is -2.56. The van der Waals surface area contributed by atoms with Gasteiger partial charge in [0, 0.05) is 0 Å². The molecule has 3 heteroatoms. The molecule has 2 saturated carbocycles. The van der Waals surface area contributed by atoms with Crippen molar-refractivity contribution in [3.05, 3.63) is 0 Å². The Labute approximate surface area is 82.8 Å². The molecule has 3 rings (SSSR count). The fraction of sp³-hybridized carbons (Fsp3) is 0.818. The quantitative estimate of drug-likeness (QED) is 0.435. The van der Waals surface area contributed by atoms with E-state index in [4.69, 9.17) is 4.74 Å². The lowest BCUT2D eigenvalue weighted by molar-refractivity contribution is -0.168. The van der Waals surface area contributed by atoms with Gasteiger partial charge in [-0.15, -0.1) is 0 Å². The number of hydrogen-bond donors (Lipinski definition) is 0. The van der Waals surface area contributed by atoms with E-state index in [1.165, 1.54) is 0 Å². The first-order valence-corrected chi connectivity index (χ1v) is 5.40. The fourth-order valence-corrected chi connectivity index (χ4v) is 3.88. The normalized spacial score (nSPS) is 50.5. The standard InChI is InChI=1S/C11H14O3/c1-7-3-2-4-10-5-6-11(7,10)9(13)14-8(10)12/h7H,2-6H2,1H3. The molecule has 0 aromatic heterocycles. The summed E-state index contributed by atoms with van der Waals surface area (Å²) in [6.07, 6.45) is 4.71. The van der Waals surface area contributed by atoms with Crippen molar-refractivity contribution >= 4 is 11.9 Å². The Morgan fingerprint density at radius 2 is 2.00 bits per heavy atom. The molecule has 3 nitrogen and oxygen atoms in total. The van der Waals surface area contributed by atoms with Crippen molar-refractivity contribution in [1.29, 1.82) is 0 Å². The van der Waals surface area contributed by atoms with Gasteiger partial charge in [0.1, 0.15) is 0 Å². The summed E-state index contributed by atoms with van der Waals surface area (Å²) in [7, 11) is 0. The zero-order chi connectivity index (χ0) is 9.97. The van der Waals surface area contributed by atoms with Crippen LogP contribution in [-0.2, 0) is 14.3 Å². The van der Waals surface area contributed by atoms with E-state index in [1.807, 2.05) is 0 Å². The average molecular weight is 194 g/mol. The molecule has 0 amide bonds. The van der Waals surface area contributed by atoms with Crippen molar-refractivity contribution in [1.82, 2.24) is 0 Å². The van der Waals surface area contributed by atoms with Crippen LogP contribution >= 0.6 is 0 Å². The van der Waals surface area contributed by atoms with Gasteiger partial charge in [-0.3, -0.25) is 9.59 Å². The van der Waals surface area contributed by atoms with Gasteiger partial charge in [0.25, 0.3) is 0 Å². The summed E-state index contributed by atoms with van der Waals surface area (Å²) >= 11 is 0. The Hall–Kier alpha value is -0.860. The topological polar surface area (TPSA) is 43.4 Å². The van der Waals surface area contributed by atoms with Crippen molar-refractivity contribution in [3.63, 3.8) is 0 Å². The second-order valence-corrected chi connectivity index (χ2v) is 5.02. The van der Waals surface area contributed by atoms with Gasteiger partial charge in [0.2, 0.25) is 0 Å². The summed E-state index contributed by atoms with van der Waals surface area (Å²) in [5.74, 6) is -0.148. The summed E-state index contributed by atoms with van der Waals surface area (Å²) in [6.45, 7) is 2.09. The maximum atomic E-state index is 11.8. The molecule has 1 aliphatic heterocycles. The molecule has 3 fully saturated rings. The minimum absolute atomic E-state index is 0.235. The lowest BCUT2D eigenvalue weighted by atomic mass is 9.42. The van der Waals surface area contributed by atoms with Crippen LogP contribution < -0.4 is 0 Å². The van der Waals surface area contributed by atoms with Crippen LogP contribution in [0.5, 0.6) is 0 Å². The van der Waals surface area contributed by atoms with Gasteiger partial charge >= 0.3 is 11.9 Å². The molecule has 3 aliphatic rings. The first-order chi connectivity index (χ1) is 6.63. The van der Waals surface area contributed by atoms with Crippen LogP contribution in [0.2, 0.25) is 0 Å². The molecule has 0 spiro atoms.